The van der Waals surface area contributed by atoms with Gasteiger partial charge in [-0.15, -0.1) is 11.8 Å². The molecule has 4 heterocycles. The van der Waals surface area contributed by atoms with Gasteiger partial charge in [-0.3, -0.25) is 9.00 Å². The van der Waals surface area contributed by atoms with E-state index < -0.39 is 10.8 Å². The van der Waals surface area contributed by atoms with Crippen molar-refractivity contribution >= 4 is 110 Å². The Morgan fingerprint density at radius 1 is 0.690 bits per heavy atom. The number of hydrogen-bond acceptors (Lipinski definition) is 8. The average molecular weight is 903 g/mol. The Hall–Kier alpha value is -3.26. The van der Waals surface area contributed by atoms with Gasteiger partial charge in [-0.25, -0.2) is 4.39 Å². The van der Waals surface area contributed by atoms with Gasteiger partial charge in [-0.1, -0.05) is 64.6 Å². The Kier molecular flexibility index (Phi) is 14.7. The summed E-state index contributed by atoms with van der Waals surface area (Å²) < 4.78 is 26.8. The normalized spacial score (nSPS) is 20.7. The van der Waals surface area contributed by atoms with Crippen molar-refractivity contribution in [3.8, 4) is 0 Å². The second-order valence-electron chi connectivity index (χ2n) is 14.4. The highest BCUT2D eigenvalue weighted by molar-refractivity contribution is 8.04. The average Bonchev–Trinajstić information content (AvgIpc) is 3.23. The fourth-order valence-corrected chi connectivity index (χ4v) is 10.0. The number of carbonyl (C=O) groups excluding carboxylic acids is 1. The minimum Gasteiger partial charge on any atom is -0.368 e. The van der Waals surface area contributed by atoms with E-state index in [-0.39, 0.29) is 11.7 Å². The smallest absolute Gasteiger partial charge is 0.264 e. The van der Waals surface area contributed by atoms with E-state index in [2.05, 4.69) is 62.3 Å². The van der Waals surface area contributed by atoms with Crippen LogP contribution in [0.4, 0.5) is 27.1 Å². The van der Waals surface area contributed by atoms with E-state index in [0.29, 0.717) is 49.5 Å². The molecule has 8 nitrogen and oxygen atoms in total. The molecule has 306 valence electrons. The molecular formula is C43H45Cl4FN6O2S2. The molecule has 0 bridgehead atoms. The number of thioether (sulfide) groups is 1. The molecular weight excluding hydrogens is 857 g/mol. The van der Waals surface area contributed by atoms with Gasteiger partial charge in [-0.05, 0) is 85.4 Å². The number of nitrogens with one attached hydrogen (secondary N) is 1. The van der Waals surface area contributed by atoms with Crippen LogP contribution in [0.25, 0.3) is 12.2 Å². The lowest BCUT2D eigenvalue weighted by molar-refractivity contribution is -0.114. The summed E-state index contributed by atoms with van der Waals surface area (Å²) in [6.45, 7) is 9.53. The lowest BCUT2D eigenvalue weighted by Crippen LogP contribution is -2.44. The predicted molar refractivity (Wildman–Crippen MR) is 247 cm³/mol. The zero-order chi connectivity index (χ0) is 40.8. The fraction of sp³-hybridized carbons (Fsp3) is 0.326. The minimum absolute atomic E-state index is 0.116. The summed E-state index contributed by atoms with van der Waals surface area (Å²) in [5.74, 6) is 0.930. The highest BCUT2D eigenvalue weighted by Gasteiger charge is 2.27. The highest BCUT2D eigenvalue weighted by atomic mass is 35.5. The van der Waals surface area contributed by atoms with Crippen LogP contribution in [0.2, 0.25) is 20.1 Å². The standard InChI is InChI=1S/C22H25Cl2N3OS.C21H20Cl2FN3OS/c1-25-8-10-26(11-9-25)22-5-3-2-4-17(22)14-19-16-27(12-13-29(19)28)18-6-7-20(23)21(24)15-18;22-17-3-2-16(13-18(17)23)27-9-10-29-20(21(27)28)12-14-11-15(24)1-4-19(14)26-7-5-25-6-8-26/h2-7,14-15H,8-13,16H2,1H3;1-4,11-13,25H,5-10H2. The van der Waals surface area contributed by atoms with Crippen LogP contribution in [-0.4, -0.2) is 106 Å². The van der Waals surface area contributed by atoms with Crippen molar-refractivity contribution in [1.82, 2.24) is 10.2 Å². The third-order valence-corrected chi connectivity index (χ3v) is 14.4. The summed E-state index contributed by atoms with van der Waals surface area (Å²) in [4.78, 5) is 25.6. The SMILES string of the molecule is CN1CCN(c2ccccc2C=C2CN(c3ccc(Cl)c(Cl)c3)CCS2=O)CC1.O=C1C(=Cc2cc(F)ccc2N2CCNCC2)SCCN1c1ccc(Cl)c(Cl)c1. The first-order valence-corrected chi connectivity index (χ1v) is 23.0. The predicted octanol–water partition coefficient (Wildman–Crippen LogP) is 9.02. The maximum absolute atomic E-state index is 14.0. The molecule has 1 amide bonds. The number of rotatable bonds is 6. The Balaban J connectivity index is 0.000000177. The molecule has 4 fully saturated rings. The van der Waals surface area contributed by atoms with Gasteiger partial charge in [0.1, 0.15) is 5.82 Å². The van der Waals surface area contributed by atoms with E-state index >= 15 is 0 Å². The molecule has 0 spiro atoms. The number of anilines is 4. The highest BCUT2D eigenvalue weighted by Crippen LogP contribution is 2.35. The van der Waals surface area contributed by atoms with Gasteiger partial charge in [0.25, 0.3) is 5.91 Å². The van der Waals surface area contributed by atoms with Crippen LogP contribution in [0.3, 0.4) is 0 Å². The molecule has 4 aliphatic rings. The van der Waals surface area contributed by atoms with E-state index in [4.69, 9.17) is 46.4 Å². The minimum atomic E-state index is -0.968. The number of piperazine rings is 2. The first-order valence-electron chi connectivity index (χ1n) is 19.2. The Morgan fingerprint density at radius 2 is 1.34 bits per heavy atom. The number of nitrogens with zero attached hydrogens (tertiary/aromatic N) is 5. The van der Waals surface area contributed by atoms with Gasteiger partial charge in [0.15, 0.2) is 0 Å². The van der Waals surface area contributed by atoms with Crippen molar-refractivity contribution in [2.24, 2.45) is 0 Å². The molecule has 4 aliphatic heterocycles. The first-order chi connectivity index (χ1) is 28.0. The maximum Gasteiger partial charge on any atom is 0.264 e. The fourth-order valence-electron chi connectivity index (χ4n) is 7.32. The van der Waals surface area contributed by atoms with Gasteiger partial charge in [-0.2, -0.15) is 0 Å². The summed E-state index contributed by atoms with van der Waals surface area (Å²) in [6.07, 6.45) is 3.92. The van der Waals surface area contributed by atoms with Crippen LogP contribution in [0, 0.1) is 5.82 Å². The Labute approximate surface area is 367 Å². The number of amides is 1. The summed E-state index contributed by atoms with van der Waals surface area (Å²) in [5.41, 5.74) is 5.74. The van der Waals surface area contributed by atoms with Crippen molar-refractivity contribution in [3.63, 3.8) is 0 Å². The van der Waals surface area contributed by atoms with Crippen LogP contribution in [0.1, 0.15) is 11.1 Å². The lowest BCUT2D eigenvalue weighted by atomic mass is 10.1. The van der Waals surface area contributed by atoms with Crippen molar-refractivity contribution in [2.75, 3.05) is 110 Å². The number of benzene rings is 4. The number of para-hydroxylation sites is 1. The Morgan fingerprint density at radius 3 is 2.07 bits per heavy atom. The third kappa shape index (κ3) is 10.5. The number of halogens is 5. The zero-order valence-corrected chi connectivity index (χ0v) is 36.8. The van der Waals surface area contributed by atoms with Gasteiger partial charge < -0.3 is 29.8 Å². The van der Waals surface area contributed by atoms with Crippen LogP contribution in [-0.2, 0) is 15.6 Å². The zero-order valence-electron chi connectivity index (χ0n) is 32.1. The van der Waals surface area contributed by atoms with Crippen LogP contribution < -0.4 is 24.9 Å². The van der Waals surface area contributed by atoms with Crippen molar-refractivity contribution in [3.05, 3.63) is 126 Å². The topological polar surface area (TPSA) is 62.4 Å². The van der Waals surface area contributed by atoms with E-state index in [1.807, 2.05) is 18.2 Å². The molecule has 0 aliphatic carbocycles. The quantitative estimate of drug-likeness (QED) is 0.193. The van der Waals surface area contributed by atoms with Crippen LogP contribution in [0.5, 0.6) is 0 Å². The summed E-state index contributed by atoms with van der Waals surface area (Å²) >= 11 is 25.9. The summed E-state index contributed by atoms with van der Waals surface area (Å²) in [6, 6.07) is 24.0. The summed E-state index contributed by atoms with van der Waals surface area (Å²) in [7, 11) is 1.19. The molecule has 1 atom stereocenters. The van der Waals surface area contributed by atoms with E-state index in [1.54, 1.807) is 35.2 Å². The molecule has 0 radical (unpaired) electrons. The van der Waals surface area contributed by atoms with Crippen molar-refractivity contribution in [1.29, 1.82) is 0 Å². The second-order valence-corrected chi connectivity index (χ2v) is 18.8. The van der Waals surface area contributed by atoms with Crippen LogP contribution in [0.15, 0.2) is 88.7 Å². The molecule has 15 heteroatoms. The van der Waals surface area contributed by atoms with Crippen molar-refractivity contribution < 1.29 is 13.4 Å². The molecule has 4 aromatic carbocycles. The van der Waals surface area contributed by atoms with Gasteiger partial charge >= 0.3 is 0 Å². The second kappa shape index (κ2) is 19.9. The maximum atomic E-state index is 14.0. The largest absolute Gasteiger partial charge is 0.368 e. The number of hydrogen-bond donors (Lipinski definition) is 1. The van der Waals surface area contributed by atoms with E-state index in [0.717, 1.165) is 92.1 Å². The molecule has 0 saturated carbocycles. The molecule has 4 saturated heterocycles. The van der Waals surface area contributed by atoms with Crippen LogP contribution >= 0.6 is 58.2 Å². The van der Waals surface area contributed by atoms with Gasteiger partial charge in [0.2, 0.25) is 0 Å². The molecule has 8 rings (SSSR count). The molecule has 58 heavy (non-hydrogen) atoms. The van der Waals surface area contributed by atoms with E-state index in [1.165, 1.54) is 29.6 Å². The molecule has 1 N–H and O–H groups in total. The number of carbonyl (C=O) groups is 1. The Bertz CT molecular complexity index is 2210. The van der Waals surface area contributed by atoms with Crippen molar-refractivity contribution in [2.45, 2.75) is 0 Å². The number of likely N-dealkylation sites (N-methyl/N-ethyl adjacent to an activating group) is 1. The molecule has 0 aromatic heterocycles. The molecule has 1 unspecified atom stereocenters. The van der Waals surface area contributed by atoms with Gasteiger partial charge in [0, 0.05) is 110 Å². The first kappa shape index (κ1) is 42.8. The van der Waals surface area contributed by atoms with E-state index in [9.17, 15) is 13.4 Å². The molecule has 4 aromatic rings. The lowest BCUT2D eigenvalue weighted by Gasteiger charge is -2.35. The van der Waals surface area contributed by atoms with Gasteiger partial charge in [0.05, 0.1) is 42.3 Å². The monoisotopic (exact) mass is 900 g/mol. The third-order valence-electron chi connectivity index (χ3n) is 10.5. The summed E-state index contributed by atoms with van der Waals surface area (Å²) in [5, 5.41) is 5.27.